The van der Waals surface area contributed by atoms with Gasteiger partial charge in [0, 0.05) is 42.5 Å². The Morgan fingerprint density at radius 2 is 2.50 bits per heavy atom. The molecule has 4 heteroatoms. The van der Waals surface area contributed by atoms with Crippen molar-refractivity contribution in [2.75, 3.05) is 6.54 Å². The summed E-state index contributed by atoms with van der Waals surface area (Å²) < 4.78 is 2.31. The maximum atomic E-state index is 4.34. The van der Waals surface area contributed by atoms with Crippen LogP contribution >= 0.6 is 11.3 Å². The number of hydrogen-bond donors (Lipinski definition) is 1. The smallest absolute Gasteiger partial charge is 0.0829 e. The van der Waals surface area contributed by atoms with Crippen LogP contribution in [0.4, 0.5) is 0 Å². The molecule has 1 N–H and O–H groups in total. The van der Waals surface area contributed by atoms with Crippen LogP contribution in [-0.4, -0.2) is 16.1 Å². The molecule has 1 aliphatic heterocycles. The fourth-order valence-electron chi connectivity index (χ4n) is 1.90. The summed E-state index contributed by atoms with van der Waals surface area (Å²) in [5.41, 5.74) is 5.63. The van der Waals surface area contributed by atoms with Crippen LogP contribution in [0.2, 0.25) is 0 Å². The minimum atomic E-state index is 0.958. The minimum Gasteiger partial charge on any atom is -0.348 e. The lowest BCUT2D eigenvalue weighted by Crippen LogP contribution is -2.27. The lowest BCUT2D eigenvalue weighted by atomic mass is 10.2. The third-order valence-corrected chi connectivity index (χ3v) is 3.20. The van der Waals surface area contributed by atoms with E-state index in [4.69, 9.17) is 0 Å². The maximum Gasteiger partial charge on any atom is 0.0829 e. The van der Waals surface area contributed by atoms with Crippen LogP contribution in [0.25, 0.3) is 11.3 Å². The van der Waals surface area contributed by atoms with E-state index < -0.39 is 0 Å². The van der Waals surface area contributed by atoms with Crippen LogP contribution in [0.5, 0.6) is 0 Å². The molecule has 0 radical (unpaired) electrons. The molecule has 0 saturated carbocycles. The van der Waals surface area contributed by atoms with Gasteiger partial charge < -0.3 is 9.88 Å². The summed E-state index contributed by atoms with van der Waals surface area (Å²) in [6, 6.07) is 2.16. The zero-order valence-electron chi connectivity index (χ0n) is 7.73. The van der Waals surface area contributed by atoms with Gasteiger partial charge in [0.2, 0.25) is 0 Å². The normalized spacial score (nSPS) is 15.4. The standard InChI is InChI=1S/C10H11N3S/c1-3-13-4-2-11-5-10(13)8(1)9-6-14-7-12-9/h1,3,6-7,11H,2,4-5H2. The Hall–Kier alpha value is -1.13. The number of hydrogen-bond acceptors (Lipinski definition) is 3. The number of rotatable bonds is 1. The zero-order valence-corrected chi connectivity index (χ0v) is 8.55. The first-order valence-corrected chi connectivity index (χ1v) is 5.67. The number of nitrogens with zero attached hydrogens (tertiary/aromatic N) is 2. The van der Waals surface area contributed by atoms with E-state index in [9.17, 15) is 0 Å². The van der Waals surface area contributed by atoms with Gasteiger partial charge >= 0.3 is 0 Å². The van der Waals surface area contributed by atoms with Crippen LogP contribution in [0.1, 0.15) is 5.69 Å². The van der Waals surface area contributed by atoms with Crippen LogP contribution in [0.15, 0.2) is 23.2 Å². The Morgan fingerprint density at radius 3 is 3.36 bits per heavy atom. The van der Waals surface area contributed by atoms with Gasteiger partial charge in [0.15, 0.2) is 0 Å². The summed E-state index contributed by atoms with van der Waals surface area (Å²) in [5, 5.41) is 5.49. The fraction of sp³-hybridized carbons (Fsp3) is 0.300. The molecule has 0 unspecified atom stereocenters. The number of thiazole rings is 1. The molecule has 3 heterocycles. The summed E-state index contributed by atoms with van der Waals surface area (Å²) in [5.74, 6) is 0. The summed E-state index contributed by atoms with van der Waals surface area (Å²) >= 11 is 1.65. The molecule has 0 saturated heterocycles. The molecule has 14 heavy (non-hydrogen) atoms. The molecular formula is C10H11N3S. The lowest BCUT2D eigenvalue weighted by Gasteiger charge is -2.17. The molecule has 0 bridgehead atoms. The van der Waals surface area contributed by atoms with Gasteiger partial charge in [0.1, 0.15) is 0 Å². The molecule has 72 valence electrons. The molecule has 0 spiro atoms. The average molecular weight is 205 g/mol. The molecule has 3 rings (SSSR count). The minimum absolute atomic E-state index is 0.958. The molecule has 3 nitrogen and oxygen atoms in total. The van der Waals surface area contributed by atoms with Crippen molar-refractivity contribution >= 4 is 11.3 Å². The molecule has 0 fully saturated rings. The second-order valence-electron chi connectivity index (χ2n) is 3.42. The summed E-state index contributed by atoms with van der Waals surface area (Å²) in [6.45, 7) is 3.09. The first-order valence-electron chi connectivity index (χ1n) is 4.72. The van der Waals surface area contributed by atoms with Crippen molar-refractivity contribution in [2.24, 2.45) is 0 Å². The van der Waals surface area contributed by atoms with Gasteiger partial charge in [-0.1, -0.05) is 0 Å². The van der Waals surface area contributed by atoms with E-state index in [1.165, 1.54) is 11.3 Å². The SMILES string of the molecule is c1nc(-c2ccn3c2CNCC3)cs1. The Bertz CT molecular complexity index is 430. The van der Waals surface area contributed by atoms with E-state index in [1.807, 2.05) is 5.51 Å². The van der Waals surface area contributed by atoms with E-state index in [0.29, 0.717) is 0 Å². The predicted octanol–water partition coefficient (Wildman–Crippen LogP) is 1.71. The van der Waals surface area contributed by atoms with Crippen molar-refractivity contribution in [1.29, 1.82) is 0 Å². The van der Waals surface area contributed by atoms with E-state index in [2.05, 4.69) is 32.5 Å². The topological polar surface area (TPSA) is 29.9 Å². The van der Waals surface area contributed by atoms with Crippen molar-refractivity contribution in [2.45, 2.75) is 13.1 Å². The van der Waals surface area contributed by atoms with Crippen molar-refractivity contribution in [3.05, 3.63) is 28.8 Å². The van der Waals surface area contributed by atoms with Crippen molar-refractivity contribution in [1.82, 2.24) is 14.9 Å². The van der Waals surface area contributed by atoms with E-state index >= 15 is 0 Å². The highest BCUT2D eigenvalue weighted by Crippen LogP contribution is 2.25. The highest BCUT2D eigenvalue weighted by Gasteiger charge is 2.14. The molecule has 1 aliphatic rings. The van der Waals surface area contributed by atoms with Crippen LogP contribution < -0.4 is 5.32 Å². The van der Waals surface area contributed by atoms with E-state index in [0.717, 1.165) is 25.3 Å². The van der Waals surface area contributed by atoms with Crippen molar-refractivity contribution in [3.63, 3.8) is 0 Å². The van der Waals surface area contributed by atoms with Gasteiger partial charge in [-0.25, -0.2) is 4.98 Å². The lowest BCUT2D eigenvalue weighted by molar-refractivity contribution is 0.517. The molecular weight excluding hydrogens is 194 g/mol. The van der Waals surface area contributed by atoms with Crippen LogP contribution in [0, 0.1) is 0 Å². The summed E-state index contributed by atoms with van der Waals surface area (Å²) in [7, 11) is 0. The van der Waals surface area contributed by atoms with Gasteiger partial charge in [0.05, 0.1) is 11.2 Å². The molecule has 0 atom stereocenters. The molecule has 0 aromatic carbocycles. The van der Waals surface area contributed by atoms with Gasteiger partial charge in [-0.3, -0.25) is 0 Å². The Balaban J connectivity index is 2.11. The summed E-state index contributed by atoms with van der Waals surface area (Å²) in [6.07, 6.45) is 2.16. The third kappa shape index (κ3) is 1.19. The maximum absolute atomic E-state index is 4.34. The highest BCUT2D eigenvalue weighted by molar-refractivity contribution is 7.07. The van der Waals surface area contributed by atoms with Gasteiger partial charge in [-0.2, -0.15) is 0 Å². The largest absolute Gasteiger partial charge is 0.348 e. The van der Waals surface area contributed by atoms with Crippen molar-refractivity contribution < 1.29 is 0 Å². The molecule has 0 aliphatic carbocycles. The zero-order chi connectivity index (χ0) is 9.38. The average Bonchev–Trinajstić information content (AvgIpc) is 2.85. The van der Waals surface area contributed by atoms with Gasteiger partial charge in [-0.15, -0.1) is 11.3 Å². The molecule has 0 amide bonds. The van der Waals surface area contributed by atoms with E-state index in [1.54, 1.807) is 11.3 Å². The Labute approximate surface area is 86.4 Å². The Kier molecular flexibility index (Phi) is 1.89. The third-order valence-electron chi connectivity index (χ3n) is 2.61. The van der Waals surface area contributed by atoms with Gasteiger partial charge in [0.25, 0.3) is 0 Å². The predicted molar refractivity (Wildman–Crippen MR) is 57.2 cm³/mol. The first-order chi connectivity index (χ1) is 6.95. The van der Waals surface area contributed by atoms with Crippen LogP contribution in [-0.2, 0) is 13.1 Å². The molecule has 2 aromatic rings. The van der Waals surface area contributed by atoms with Crippen LogP contribution in [0.3, 0.4) is 0 Å². The van der Waals surface area contributed by atoms with Crippen molar-refractivity contribution in [3.8, 4) is 11.3 Å². The Morgan fingerprint density at radius 1 is 1.50 bits per heavy atom. The fourth-order valence-corrected chi connectivity index (χ4v) is 2.45. The highest BCUT2D eigenvalue weighted by atomic mass is 32.1. The number of fused-ring (bicyclic) bond motifs is 1. The van der Waals surface area contributed by atoms with Gasteiger partial charge in [-0.05, 0) is 6.07 Å². The second kappa shape index (κ2) is 3.22. The van der Waals surface area contributed by atoms with E-state index in [-0.39, 0.29) is 0 Å². The number of nitrogens with one attached hydrogen (secondary N) is 1. The summed E-state index contributed by atoms with van der Waals surface area (Å²) in [4.78, 5) is 4.34. The number of aromatic nitrogens is 2. The monoisotopic (exact) mass is 205 g/mol. The second-order valence-corrected chi connectivity index (χ2v) is 4.14. The quantitative estimate of drug-likeness (QED) is 0.768. The molecule has 2 aromatic heterocycles. The first kappa shape index (κ1) is 8.20.